The summed E-state index contributed by atoms with van der Waals surface area (Å²) in [5, 5.41) is 0. The van der Waals surface area contributed by atoms with Gasteiger partial charge in [-0.25, -0.2) is 22.0 Å². The molecule has 3 aromatic carbocycles. The fourth-order valence-electron chi connectivity index (χ4n) is 5.37. The van der Waals surface area contributed by atoms with E-state index in [0.29, 0.717) is 18.1 Å². The Morgan fingerprint density at radius 1 is 0.762 bits per heavy atom. The van der Waals surface area contributed by atoms with Gasteiger partial charge in [-0.15, -0.1) is 0 Å². The van der Waals surface area contributed by atoms with Crippen LogP contribution in [0.3, 0.4) is 0 Å². The van der Waals surface area contributed by atoms with Crippen LogP contribution in [-0.4, -0.2) is 6.18 Å². The molecule has 0 spiro atoms. The lowest BCUT2D eigenvalue weighted by Crippen LogP contribution is -2.25. The molecule has 0 radical (unpaired) electrons. The van der Waals surface area contributed by atoms with Crippen LogP contribution in [0.15, 0.2) is 48.5 Å². The molecule has 1 fully saturated rings. The Morgan fingerprint density at radius 3 is 1.88 bits per heavy atom. The standard InChI is InChI=1S/C31H26F10O/c1-2-3-17-4-6-18(7-5-17)19-8-9-22(24(32)12-19)20-13-27(35)29(28(36)14-20)31(40,41)42-21-15-25(33)23(26(34)16-21)10-11-30(37,38)39/h8-18H,2-7H2,1H3/b11-10+. The summed E-state index contributed by atoms with van der Waals surface area (Å²) in [6.45, 7) is 2.12. The summed E-state index contributed by atoms with van der Waals surface area (Å²) in [7, 11) is 0. The molecule has 0 bridgehead atoms. The lowest BCUT2D eigenvalue weighted by atomic mass is 9.77. The van der Waals surface area contributed by atoms with Gasteiger partial charge in [-0.05, 0) is 72.9 Å². The van der Waals surface area contributed by atoms with Gasteiger partial charge in [0.05, 0.1) is 0 Å². The smallest absolute Gasteiger partial charge is 0.429 e. The van der Waals surface area contributed by atoms with Crippen molar-refractivity contribution < 1.29 is 48.6 Å². The van der Waals surface area contributed by atoms with Crippen molar-refractivity contribution in [2.24, 2.45) is 5.92 Å². The van der Waals surface area contributed by atoms with Crippen LogP contribution in [0, 0.1) is 35.0 Å². The fraction of sp³-hybridized carbons (Fsp3) is 0.355. The molecule has 4 rings (SSSR count). The van der Waals surface area contributed by atoms with E-state index in [9.17, 15) is 39.5 Å². The Hall–Kier alpha value is -3.50. The molecule has 0 heterocycles. The molecule has 11 heteroatoms. The normalized spacial score (nSPS) is 18.1. The van der Waals surface area contributed by atoms with Gasteiger partial charge >= 0.3 is 12.3 Å². The lowest BCUT2D eigenvalue weighted by molar-refractivity contribution is -0.189. The van der Waals surface area contributed by atoms with E-state index in [1.54, 1.807) is 6.07 Å². The molecular formula is C31H26F10O. The monoisotopic (exact) mass is 604 g/mol. The van der Waals surface area contributed by atoms with Crippen molar-refractivity contribution in [2.75, 3.05) is 0 Å². The summed E-state index contributed by atoms with van der Waals surface area (Å²) in [6.07, 6.45) is -4.08. The van der Waals surface area contributed by atoms with Gasteiger partial charge in [-0.1, -0.05) is 31.9 Å². The first kappa shape index (κ1) is 31.4. The number of alkyl halides is 5. The summed E-state index contributed by atoms with van der Waals surface area (Å²) in [5.74, 6) is -8.28. The topological polar surface area (TPSA) is 9.23 Å². The van der Waals surface area contributed by atoms with E-state index in [2.05, 4.69) is 11.7 Å². The molecule has 3 aromatic rings. The zero-order valence-electron chi connectivity index (χ0n) is 22.3. The summed E-state index contributed by atoms with van der Waals surface area (Å²) in [6, 6.07) is 5.49. The van der Waals surface area contributed by atoms with Gasteiger partial charge in [0.2, 0.25) is 0 Å². The molecule has 1 aliphatic carbocycles. The first-order valence-corrected chi connectivity index (χ1v) is 13.3. The minimum absolute atomic E-state index is 0.0499. The molecule has 0 aromatic heterocycles. The van der Waals surface area contributed by atoms with Gasteiger partial charge in [0.1, 0.15) is 40.4 Å². The number of allylic oxidation sites excluding steroid dienone is 1. The SMILES string of the molecule is CCCC1CCC(c2ccc(-c3cc(F)c(C(F)(F)Oc4cc(F)c(/C=C/C(F)(F)F)c(F)c4)c(F)c3)c(F)c2)CC1. The van der Waals surface area contributed by atoms with Crippen molar-refractivity contribution in [3.8, 4) is 16.9 Å². The van der Waals surface area contributed by atoms with E-state index in [1.807, 2.05) is 0 Å². The Labute approximate surface area is 235 Å². The average Bonchev–Trinajstić information content (AvgIpc) is 2.87. The number of hydrogen-bond donors (Lipinski definition) is 0. The molecule has 1 nitrogen and oxygen atoms in total. The molecule has 226 valence electrons. The number of rotatable bonds is 8. The molecule has 1 aliphatic rings. The van der Waals surface area contributed by atoms with Crippen LogP contribution in [0.1, 0.15) is 68.1 Å². The van der Waals surface area contributed by atoms with E-state index in [0.717, 1.165) is 44.1 Å². The largest absolute Gasteiger partial charge is 0.432 e. The van der Waals surface area contributed by atoms with E-state index in [4.69, 9.17) is 0 Å². The van der Waals surface area contributed by atoms with E-state index in [-0.39, 0.29) is 35.3 Å². The van der Waals surface area contributed by atoms with Crippen molar-refractivity contribution in [2.45, 2.75) is 63.7 Å². The third kappa shape index (κ3) is 7.28. The number of benzene rings is 3. The fourth-order valence-corrected chi connectivity index (χ4v) is 5.37. The lowest BCUT2D eigenvalue weighted by Gasteiger charge is -2.28. The van der Waals surface area contributed by atoms with Crippen molar-refractivity contribution in [1.82, 2.24) is 0 Å². The second-order valence-corrected chi connectivity index (χ2v) is 10.4. The second-order valence-electron chi connectivity index (χ2n) is 10.4. The molecule has 0 N–H and O–H groups in total. The average molecular weight is 605 g/mol. The molecule has 42 heavy (non-hydrogen) atoms. The molecule has 0 amide bonds. The van der Waals surface area contributed by atoms with Crippen LogP contribution < -0.4 is 4.74 Å². The first-order chi connectivity index (χ1) is 19.7. The van der Waals surface area contributed by atoms with E-state index < -0.39 is 64.3 Å². The van der Waals surface area contributed by atoms with Gasteiger partial charge < -0.3 is 4.74 Å². The predicted molar refractivity (Wildman–Crippen MR) is 137 cm³/mol. The highest BCUT2D eigenvalue weighted by molar-refractivity contribution is 5.65. The maximum absolute atomic E-state index is 15.0. The van der Waals surface area contributed by atoms with Crippen molar-refractivity contribution >= 4 is 6.08 Å². The predicted octanol–water partition coefficient (Wildman–Crippen LogP) is 10.8. The Bertz CT molecular complexity index is 1410. The van der Waals surface area contributed by atoms with Crippen molar-refractivity contribution in [3.05, 3.63) is 94.3 Å². The summed E-state index contributed by atoms with van der Waals surface area (Å²) in [4.78, 5) is 0. The Balaban J connectivity index is 1.55. The van der Waals surface area contributed by atoms with E-state index >= 15 is 4.39 Å². The van der Waals surface area contributed by atoms with Crippen molar-refractivity contribution in [3.63, 3.8) is 0 Å². The maximum atomic E-state index is 15.0. The molecule has 0 aliphatic heterocycles. The minimum atomic E-state index is -4.90. The van der Waals surface area contributed by atoms with Crippen LogP contribution in [-0.2, 0) is 6.11 Å². The van der Waals surface area contributed by atoms with Crippen LogP contribution in [0.25, 0.3) is 17.2 Å². The molecule has 0 saturated heterocycles. The number of halogens is 10. The first-order valence-electron chi connectivity index (χ1n) is 13.3. The third-order valence-electron chi connectivity index (χ3n) is 7.39. The van der Waals surface area contributed by atoms with E-state index in [1.165, 1.54) is 12.1 Å². The van der Waals surface area contributed by atoms with Crippen LogP contribution in [0.4, 0.5) is 43.9 Å². The maximum Gasteiger partial charge on any atom is 0.432 e. The minimum Gasteiger partial charge on any atom is -0.429 e. The molecule has 0 unspecified atom stereocenters. The number of ether oxygens (including phenoxy) is 1. The van der Waals surface area contributed by atoms with Crippen LogP contribution >= 0.6 is 0 Å². The molecule has 1 saturated carbocycles. The highest BCUT2D eigenvalue weighted by atomic mass is 19.4. The quantitative estimate of drug-likeness (QED) is 0.233. The third-order valence-corrected chi connectivity index (χ3v) is 7.39. The van der Waals surface area contributed by atoms with Crippen molar-refractivity contribution in [1.29, 1.82) is 0 Å². The highest BCUT2D eigenvalue weighted by Gasteiger charge is 2.41. The zero-order chi connectivity index (χ0) is 30.8. The Morgan fingerprint density at radius 2 is 1.36 bits per heavy atom. The number of hydrogen-bond acceptors (Lipinski definition) is 1. The summed E-state index contributed by atoms with van der Waals surface area (Å²) >= 11 is 0. The van der Waals surface area contributed by atoms with Gasteiger partial charge in [-0.3, -0.25) is 0 Å². The van der Waals surface area contributed by atoms with Gasteiger partial charge in [-0.2, -0.15) is 22.0 Å². The van der Waals surface area contributed by atoms with Crippen LogP contribution in [0.5, 0.6) is 5.75 Å². The molecule has 0 atom stereocenters. The van der Waals surface area contributed by atoms with Gasteiger partial charge in [0.25, 0.3) is 0 Å². The van der Waals surface area contributed by atoms with Gasteiger partial charge in [0, 0.05) is 29.3 Å². The second kappa shape index (κ2) is 12.4. The highest BCUT2D eigenvalue weighted by Crippen LogP contribution is 2.41. The van der Waals surface area contributed by atoms with Crippen LogP contribution in [0.2, 0.25) is 0 Å². The van der Waals surface area contributed by atoms with Gasteiger partial charge in [0.15, 0.2) is 0 Å². The summed E-state index contributed by atoms with van der Waals surface area (Å²) < 4.78 is 144. The molecular weight excluding hydrogens is 578 g/mol. The zero-order valence-corrected chi connectivity index (χ0v) is 22.3. The summed E-state index contributed by atoms with van der Waals surface area (Å²) in [5.41, 5.74) is -2.95. The Kier molecular flexibility index (Phi) is 9.27.